The molecule has 0 aliphatic rings. The van der Waals surface area contributed by atoms with Gasteiger partial charge >= 0.3 is 0 Å². The molecular weight excluding hydrogens is 430 g/mol. The summed E-state index contributed by atoms with van der Waals surface area (Å²) in [6.45, 7) is 0.709. The van der Waals surface area contributed by atoms with Gasteiger partial charge in [-0.25, -0.2) is 4.39 Å². The molecule has 0 aliphatic heterocycles. The second-order valence-corrected chi connectivity index (χ2v) is 6.99. The van der Waals surface area contributed by atoms with Crippen LogP contribution in [0.1, 0.15) is 4.88 Å². The lowest BCUT2D eigenvalue weighted by atomic mass is 10.2. The fourth-order valence-electron chi connectivity index (χ4n) is 1.64. The first-order chi connectivity index (χ1) is 8.47. The maximum atomic E-state index is 13.6. The van der Waals surface area contributed by atoms with Crippen molar-refractivity contribution in [3.63, 3.8) is 0 Å². The topological polar surface area (TPSA) is 29.3 Å². The van der Waals surface area contributed by atoms with E-state index in [-0.39, 0.29) is 5.82 Å². The molecule has 0 fully saturated rings. The van der Waals surface area contributed by atoms with Gasteiger partial charge < -0.3 is 10.6 Å². The Morgan fingerprint density at radius 3 is 2.78 bits per heavy atom. The summed E-state index contributed by atoms with van der Waals surface area (Å²) in [7, 11) is 1.91. The largest absolute Gasteiger partial charge is 0.397 e. The van der Waals surface area contributed by atoms with Crippen LogP contribution in [-0.4, -0.2) is 7.05 Å². The third kappa shape index (κ3) is 3.16. The number of halogens is 3. The van der Waals surface area contributed by atoms with E-state index >= 15 is 0 Å². The number of benzene rings is 1. The van der Waals surface area contributed by atoms with Crippen LogP contribution in [0.2, 0.25) is 0 Å². The summed E-state index contributed by atoms with van der Waals surface area (Å²) < 4.78 is 15.2. The lowest BCUT2D eigenvalue weighted by Gasteiger charge is -2.20. The highest BCUT2D eigenvalue weighted by Crippen LogP contribution is 2.29. The van der Waals surface area contributed by atoms with E-state index in [9.17, 15) is 4.39 Å². The quantitative estimate of drug-likeness (QED) is 0.563. The van der Waals surface area contributed by atoms with Gasteiger partial charge in [0.2, 0.25) is 0 Å². The van der Waals surface area contributed by atoms with E-state index in [0.29, 0.717) is 15.8 Å². The lowest BCUT2D eigenvalue weighted by molar-refractivity contribution is 0.620. The van der Waals surface area contributed by atoms with E-state index in [2.05, 4.69) is 22.0 Å². The predicted molar refractivity (Wildman–Crippen MR) is 87.7 cm³/mol. The molecule has 96 valence electrons. The number of hydrogen-bond donors (Lipinski definition) is 1. The Morgan fingerprint density at radius 2 is 2.17 bits per heavy atom. The first-order valence-electron chi connectivity index (χ1n) is 5.16. The highest BCUT2D eigenvalue weighted by Gasteiger charge is 2.11. The Hall–Kier alpha value is -0.340. The standard InChI is InChI=1S/C12H11BrFIN2S/c1-17(5-8-2-7(13)6-18-8)12-3-9(14)10(15)4-11(12)16/h2-4,6H,5,16H2,1H3. The van der Waals surface area contributed by atoms with Crippen molar-refractivity contribution < 1.29 is 4.39 Å². The number of thiophene rings is 1. The molecule has 6 heteroatoms. The first-order valence-corrected chi connectivity index (χ1v) is 7.91. The van der Waals surface area contributed by atoms with Crippen molar-refractivity contribution >= 4 is 61.2 Å². The molecule has 2 aromatic rings. The van der Waals surface area contributed by atoms with Crippen molar-refractivity contribution in [3.05, 3.63) is 42.3 Å². The van der Waals surface area contributed by atoms with E-state index < -0.39 is 0 Å². The highest BCUT2D eigenvalue weighted by atomic mass is 127. The summed E-state index contributed by atoms with van der Waals surface area (Å²) in [6.07, 6.45) is 0. The van der Waals surface area contributed by atoms with Gasteiger partial charge in [0.25, 0.3) is 0 Å². The fourth-order valence-corrected chi connectivity index (χ4v) is 3.63. The van der Waals surface area contributed by atoms with Gasteiger partial charge in [-0.2, -0.15) is 0 Å². The van der Waals surface area contributed by atoms with Gasteiger partial charge in [-0.1, -0.05) is 0 Å². The second kappa shape index (κ2) is 5.75. The smallest absolute Gasteiger partial charge is 0.138 e. The molecule has 0 unspecified atom stereocenters. The van der Waals surface area contributed by atoms with Gasteiger partial charge in [0.15, 0.2) is 0 Å². The maximum absolute atomic E-state index is 13.6. The van der Waals surface area contributed by atoms with Gasteiger partial charge in [-0.3, -0.25) is 0 Å². The minimum Gasteiger partial charge on any atom is -0.397 e. The van der Waals surface area contributed by atoms with E-state index in [4.69, 9.17) is 5.73 Å². The zero-order valence-electron chi connectivity index (χ0n) is 9.58. The lowest BCUT2D eigenvalue weighted by Crippen LogP contribution is -2.17. The van der Waals surface area contributed by atoms with Crippen LogP contribution in [0.25, 0.3) is 0 Å². The molecule has 2 N–H and O–H groups in total. The minimum absolute atomic E-state index is 0.237. The molecular formula is C12H11BrFIN2S. The van der Waals surface area contributed by atoms with Crippen molar-refractivity contribution in [2.75, 3.05) is 17.7 Å². The number of rotatable bonds is 3. The van der Waals surface area contributed by atoms with E-state index in [1.165, 1.54) is 10.9 Å². The van der Waals surface area contributed by atoms with Crippen LogP contribution in [0, 0.1) is 9.39 Å². The molecule has 1 aromatic heterocycles. The van der Waals surface area contributed by atoms with Crippen molar-refractivity contribution in [2.24, 2.45) is 0 Å². The van der Waals surface area contributed by atoms with Crippen molar-refractivity contribution in [1.82, 2.24) is 0 Å². The Labute approximate surface area is 131 Å². The molecule has 0 saturated carbocycles. The van der Waals surface area contributed by atoms with E-state index in [1.807, 2.05) is 39.9 Å². The van der Waals surface area contributed by atoms with Gasteiger partial charge in [-0.05, 0) is 50.7 Å². The summed E-state index contributed by atoms with van der Waals surface area (Å²) in [6, 6.07) is 5.20. The second-order valence-electron chi connectivity index (χ2n) is 3.91. The molecule has 0 spiro atoms. The average Bonchev–Trinajstić information content (AvgIpc) is 2.69. The molecule has 0 bridgehead atoms. The van der Waals surface area contributed by atoms with Gasteiger partial charge in [0.1, 0.15) is 5.82 Å². The Kier molecular flexibility index (Phi) is 4.50. The third-order valence-electron chi connectivity index (χ3n) is 2.50. The van der Waals surface area contributed by atoms with Gasteiger partial charge in [-0.15, -0.1) is 11.3 Å². The molecule has 18 heavy (non-hydrogen) atoms. The van der Waals surface area contributed by atoms with Crippen LogP contribution >= 0.6 is 49.9 Å². The Balaban J connectivity index is 2.23. The number of hydrogen-bond acceptors (Lipinski definition) is 3. The normalized spacial score (nSPS) is 10.7. The number of anilines is 2. The van der Waals surface area contributed by atoms with Crippen LogP contribution in [0.4, 0.5) is 15.8 Å². The van der Waals surface area contributed by atoms with Gasteiger partial charge in [0.05, 0.1) is 21.5 Å². The van der Waals surface area contributed by atoms with Crippen molar-refractivity contribution in [3.8, 4) is 0 Å². The molecule has 2 nitrogen and oxygen atoms in total. The SMILES string of the molecule is CN(Cc1cc(Br)cs1)c1cc(F)c(I)cc1N. The van der Waals surface area contributed by atoms with E-state index in [1.54, 1.807) is 17.4 Å². The molecule has 0 radical (unpaired) electrons. The van der Waals surface area contributed by atoms with Crippen LogP contribution in [0.5, 0.6) is 0 Å². The molecule has 0 atom stereocenters. The summed E-state index contributed by atoms with van der Waals surface area (Å²) in [5.41, 5.74) is 7.25. The molecule has 0 aliphatic carbocycles. The minimum atomic E-state index is -0.237. The fraction of sp³-hybridized carbons (Fsp3) is 0.167. The number of nitrogens with two attached hydrogens (primary N) is 1. The monoisotopic (exact) mass is 440 g/mol. The zero-order valence-corrected chi connectivity index (χ0v) is 14.1. The summed E-state index contributed by atoms with van der Waals surface area (Å²) >= 11 is 7.02. The molecule has 0 saturated heterocycles. The van der Waals surface area contributed by atoms with Crippen LogP contribution in [0.3, 0.4) is 0 Å². The summed E-state index contributed by atoms with van der Waals surface area (Å²) in [4.78, 5) is 3.15. The predicted octanol–water partition coefficient (Wildman–Crippen LogP) is 4.47. The highest BCUT2D eigenvalue weighted by molar-refractivity contribution is 14.1. The molecule has 1 heterocycles. The van der Waals surface area contributed by atoms with Crippen molar-refractivity contribution in [2.45, 2.75) is 6.54 Å². The van der Waals surface area contributed by atoms with Gasteiger partial charge in [0, 0.05) is 27.8 Å². The van der Waals surface area contributed by atoms with Crippen molar-refractivity contribution in [1.29, 1.82) is 0 Å². The first kappa shape index (κ1) is 14.1. The van der Waals surface area contributed by atoms with Crippen LogP contribution < -0.4 is 10.6 Å². The Morgan fingerprint density at radius 1 is 1.44 bits per heavy atom. The molecule has 1 aromatic carbocycles. The number of nitrogens with zero attached hydrogens (tertiary/aromatic N) is 1. The van der Waals surface area contributed by atoms with Crippen LogP contribution in [-0.2, 0) is 6.54 Å². The zero-order chi connectivity index (χ0) is 13.3. The average molecular weight is 441 g/mol. The maximum Gasteiger partial charge on any atom is 0.138 e. The third-order valence-corrected chi connectivity index (χ3v) is 5.00. The summed E-state index contributed by atoms with van der Waals surface area (Å²) in [5.74, 6) is -0.237. The summed E-state index contributed by atoms with van der Waals surface area (Å²) in [5, 5.41) is 2.03. The molecule has 0 amide bonds. The Bertz CT molecular complexity index is 573. The number of nitrogen functional groups attached to an aromatic ring is 1. The molecule has 2 rings (SSSR count). The van der Waals surface area contributed by atoms with E-state index in [0.717, 1.165) is 10.2 Å². The van der Waals surface area contributed by atoms with Crippen LogP contribution in [0.15, 0.2) is 28.1 Å².